The number of methoxy groups -OCH3 is 3. The number of anilines is 1. The molecule has 4 rings (SSSR count). The zero-order chi connectivity index (χ0) is 23.5. The van der Waals surface area contributed by atoms with Gasteiger partial charge in [0.2, 0.25) is 5.75 Å². The molecule has 2 aromatic heterocycles. The summed E-state index contributed by atoms with van der Waals surface area (Å²) in [4.78, 5) is 21.0. The number of aromatic nitrogens is 2. The molecule has 0 unspecified atom stereocenters. The second kappa shape index (κ2) is 9.51. The average Bonchev–Trinajstić information content (AvgIpc) is 3.39. The van der Waals surface area contributed by atoms with Gasteiger partial charge in [-0.15, -0.1) is 11.3 Å². The third kappa shape index (κ3) is 4.50. The number of imidazole rings is 1. The van der Waals surface area contributed by atoms with Gasteiger partial charge in [0.15, 0.2) is 16.5 Å². The van der Waals surface area contributed by atoms with E-state index in [1.807, 2.05) is 44.6 Å². The molecule has 1 amide bonds. The fraction of sp³-hybridized carbons (Fsp3) is 0.250. The van der Waals surface area contributed by atoms with Gasteiger partial charge >= 0.3 is 0 Å². The van der Waals surface area contributed by atoms with Crippen molar-refractivity contribution in [2.24, 2.45) is 0 Å². The molecule has 1 N–H and O–H groups in total. The second-order valence-electron chi connectivity index (χ2n) is 7.66. The summed E-state index contributed by atoms with van der Waals surface area (Å²) in [5.74, 6) is 0.968. The van der Waals surface area contributed by atoms with Crippen molar-refractivity contribution in [3.05, 3.63) is 59.2 Å². The fourth-order valence-electron chi connectivity index (χ4n) is 3.62. The molecule has 0 saturated heterocycles. The lowest BCUT2D eigenvalue weighted by Crippen LogP contribution is -2.13. The van der Waals surface area contributed by atoms with E-state index in [0.717, 1.165) is 28.5 Å². The molecular formula is C24H26N4O4S. The normalized spacial score (nSPS) is 11.1. The number of carbonyl (C=O) groups is 1. The third-order valence-electron chi connectivity index (χ3n) is 5.14. The lowest BCUT2D eigenvalue weighted by atomic mass is 10.1. The molecule has 4 aromatic rings. The topological polar surface area (TPSA) is 77.3 Å². The highest BCUT2D eigenvalue weighted by atomic mass is 32.1. The molecule has 172 valence electrons. The maximum absolute atomic E-state index is 13.1. The molecule has 0 saturated carbocycles. The summed E-state index contributed by atoms with van der Waals surface area (Å²) in [6, 6.07) is 10.9. The van der Waals surface area contributed by atoms with Crippen molar-refractivity contribution >= 4 is 27.9 Å². The first-order chi connectivity index (χ1) is 15.9. The van der Waals surface area contributed by atoms with Crippen LogP contribution in [0.2, 0.25) is 0 Å². The van der Waals surface area contributed by atoms with Crippen LogP contribution in [-0.2, 0) is 6.54 Å². The van der Waals surface area contributed by atoms with E-state index in [1.54, 1.807) is 23.5 Å². The molecule has 0 aliphatic heterocycles. The summed E-state index contributed by atoms with van der Waals surface area (Å²) in [5.41, 5.74) is 3.85. The summed E-state index contributed by atoms with van der Waals surface area (Å²) >= 11 is 1.60. The highest BCUT2D eigenvalue weighted by molar-refractivity contribution is 7.15. The van der Waals surface area contributed by atoms with E-state index in [4.69, 9.17) is 19.2 Å². The monoisotopic (exact) mass is 466 g/mol. The van der Waals surface area contributed by atoms with E-state index in [1.165, 1.54) is 21.3 Å². The number of rotatable bonds is 8. The van der Waals surface area contributed by atoms with Crippen molar-refractivity contribution in [1.82, 2.24) is 14.3 Å². The van der Waals surface area contributed by atoms with Crippen molar-refractivity contribution < 1.29 is 19.0 Å². The number of nitrogens with one attached hydrogen (secondary N) is 1. The minimum absolute atomic E-state index is 0.295. The van der Waals surface area contributed by atoms with Crippen molar-refractivity contribution in [1.29, 1.82) is 0 Å². The van der Waals surface area contributed by atoms with Crippen molar-refractivity contribution in [3.63, 3.8) is 0 Å². The van der Waals surface area contributed by atoms with Gasteiger partial charge in [0.25, 0.3) is 5.91 Å². The summed E-state index contributed by atoms with van der Waals surface area (Å²) in [5, 5.41) is 5.12. The summed E-state index contributed by atoms with van der Waals surface area (Å²) < 4.78 is 18.2. The van der Waals surface area contributed by atoms with Crippen LogP contribution in [0.15, 0.2) is 48.0 Å². The van der Waals surface area contributed by atoms with Crippen molar-refractivity contribution in [2.75, 3.05) is 40.7 Å². The molecule has 0 atom stereocenters. The molecule has 0 aliphatic rings. The van der Waals surface area contributed by atoms with Crippen LogP contribution in [-0.4, -0.2) is 55.6 Å². The minimum Gasteiger partial charge on any atom is -0.493 e. The van der Waals surface area contributed by atoms with E-state index in [9.17, 15) is 4.79 Å². The van der Waals surface area contributed by atoms with Crippen LogP contribution in [0.25, 0.3) is 16.2 Å². The summed E-state index contributed by atoms with van der Waals surface area (Å²) in [6.45, 7) is 0.815. The van der Waals surface area contributed by atoms with Gasteiger partial charge in [0, 0.05) is 34.9 Å². The zero-order valence-electron chi connectivity index (χ0n) is 19.2. The highest BCUT2D eigenvalue weighted by Crippen LogP contribution is 2.38. The van der Waals surface area contributed by atoms with Gasteiger partial charge in [-0.25, -0.2) is 4.98 Å². The van der Waals surface area contributed by atoms with Gasteiger partial charge in [-0.05, 0) is 32.3 Å². The van der Waals surface area contributed by atoms with E-state index in [2.05, 4.69) is 20.0 Å². The predicted molar refractivity (Wildman–Crippen MR) is 130 cm³/mol. The summed E-state index contributed by atoms with van der Waals surface area (Å²) in [6.07, 6.45) is 2.01. The van der Waals surface area contributed by atoms with Crippen LogP contribution in [0, 0.1) is 0 Å². The molecule has 0 radical (unpaired) electrons. The molecule has 9 heteroatoms. The maximum Gasteiger partial charge on any atom is 0.255 e. The van der Waals surface area contributed by atoms with Crippen LogP contribution in [0.5, 0.6) is 17.2 Å². The molecule has 0 spiro atoms. The lowest BCUT2D eigenvalue weighted by molar-refractivity contribution is 0.102. The zero-order valence-corrected chi connectivity index (χ0v) is 20.0. The molecule has 0 bridgehead atoms. The van der Waals surface area contributed by atoms with Crippen LogP contribution in [0.1, 0.15) is 16.1 Å². The maximum atomic E-state index is 13.1. The van der Waals surface area contributed by atoms with E-state index < -0.39 is 0 Å². The molecular weight excluding hydrogens is 440 g/mol. The molecule has 2 aromatic carbocycles. The number of benzene rings is 2. The van der Waals surface area contributed by atoms with Gasteiger partial charge in [-0.1, -0.05) is 18.2 Å². The summed E-state index contributed by atoms with van der Waals surface area (Å²) in [7, 11) is 8.63. The first kappa shape index (κ1) is 22.6. The van der Waals surface area contributed by atoms with Gasteiger partial charge < -0.3 is 24.4 Å². The molecule has 8 nitrogen and oxygen atoms in total. The Hall–Kier alpha value is -3.56. The Morgan fingerprint density at radius 3 is 2.42 bits per heavy atom. The standard InChI is InChI=1S/C24H26N4O4S/c1-27(2)12-16-14-33-24-26-19(13-28(16)24)17-8-6-7-9-18(17)25-23(29)15-10-20(30-3)22(32-5)21(11-15)31-4/h6-11,13-14H,12H2,1-5H3,(H,25,29). The quantitative estimate of drug-likeness (QED) is 0.415. The average molecular weight is 467 g/mol. The largest absolute Gasteiger partial charge is 0.493 e. The van der Waals surface area contributed by atoms with E-state index >= 15 is 0 Å². The van der Waals surface area contributed by atoms with Crippen LogP contribution in [0.3, 0.4) is 0 Å². The number of para-hydroxylation sites is 1. The first-order valence-corrected chi connectivity index (χ1v) is 11.1. The third-order valence-corrected chi connectivity index (χ3v) is 6.03. The molecule has 33 heavy (non-hydrogen) atoms. The number of ether oxygens (including phenoxy) is 3. The Balaban J connectivity index is 1.67. The second-order valence-corrected chi connectivity index (χ2v) is 8.49. The SMILES string of the molecule is COc1cc(C(=O)Nc2ccccc2-c2cn3c(CN(C)C)csc3n2)cc(OC)c1OC. The molecule has 2 heterocycles. The number of fused-ring (bicyclic) bond motifs is 1. The Morgan fingerprint density at radius 1 is 1.09 bits per heavy atom. The van der Waals surface area contributed by atoms with Gasteiger partial charge in [0.05, 0.1) is 32.7 Å². The number of hydrogen-bond acceptors (Lipinski definition) is 7. The molecule has 0 fully saturated rings. The Labute approximate surface area is 196 Å². The number of hydrogen-bond donors (Lipinski definition) is 1. The van der Waals surface area contributed by atoms with Crippen molar-refractivity contribution in [2.45, 2.75) is 6.54 Å². The predicted octanol–water partition coefficient (Wildman–Crippen LogP) is 4.40. The Kier molecular flexibility index (Phi) is 6.52. The van der Waals surface area contributed by atoms with Crippen LogP contribution in [0.4, 0.5) is 5.69 Å². The number of amides is 1. The number of nitrogens with zero attached hydrogens (tertiary/aromatic N) is 3. The fourth-order valence-corrected chi connectivity index (χ4v) is 4.48. The van der Waals surface area contributed by atoms with Crippen LogP contribution < -0.4 is 19.5 Å². The van der Waals surface area contributed by atoms with Crippen molar-refractivity contribution in [3.8, 4) is 28.5 Å². The minimum atomic E-state index is -0.295. The Bertz CT molecular complexity index is 1270. The van der Waals surface area contributed by atoms with Gasteiger partial charge in [-0.2, -0.15) is 0 Å². The van der Waals surface area contributed by atoms with Gasteiger partial charge in [-0.3, -0.25) is 9.20 Å². The number of carbonyl (C=O) groups excluding carboxylic acids is 1. The Morgan fingerprint density at radius 2 is 1.79 bits per heavy atom. The highest BCUT2D eigenvalue weighted by Gasteiger charge is 2.19. The smallest absolute Gasteiger partial charge is 0.255 e. The van der Waals surface area contributed by atoms with E-state index in [-0.39, 0.29) is 5.91 Å². The lowest BCUT2D eigenvalue weighted by Gasteiger charge is -2.15. The van der Waals surface area contributed by atoms with Crippen LogP contribution >= 0.6 is 11.3 Å². The first-order valence-electron chi connectivity index (χ1n) is 10.3. The number of thiazole rings is 1. The van der Waals surface area contributed by atoms with Gasteiger partial charge in [0.1, 0.15) is 0 Å². The molecule has 0 aliphatic carbocycles. The van der Waals surface area contributed by atoms with E-state index in [0.29, 0.717) is 28.5 Å².